The molecule has 2 nitrogen and oxygen atoms in total. The highest BCUT2D eigenvalue weighted by Crippen LogP contribution is 2.44. The van der Waals surface area contributed by atoms with Gasteiger partial charge in [0.1, 0.15) is 11.8 Å². The van der Waals surface area contributed by atoms with Gasteiger partial charge in [0.15, 0.2) is 5.09 Å². The number of para-hydroxylation sites is 1. The zero-order chi connectivity index (χ0) is 13.9. The quantitative estimate of drug-likeness (QED) is 0.821. The van der Waals surface area contributed by atoms with Crippen LogP contribution in [0.25, 0.3) is 0 Å². The average molecular weight is 279 g/mol. The number of hydrogen-bond donors (Lipinski definition) is 0. The topological polar surface area (TPSA) is 33.0 Å². The first kappa shape index (κ1) is 12.8. The standard InChI is InChI=1S/C17H13NOS/c1-20-17-14(11-18)16(12-7-3-2-4-8-12)13-9-5-6-10-15(13)19-17/h2-10,16H,1H3. The lowest BCUT2D eigenvalue weighted by Crippen LogP contribution is -2.14. The van der Waals surface area contributed by atoms with Crippen LogP contribution in [-0.4, -0.2) is 6.26 Å². The molecule has 3 heteroatoms. The molecule has 0 bridgehead atoms. The molecule has 1 atom stereocenters. The summed E-state index contributed by atoms with van der Waals surface area (Å²) in [6.45, 7) is 0. The maximum Gasteiger partial charge on any atom is 0.175 e. The van der Waals surface area contributed by atoms with Crippen molar-refractivity contribution < 1.29 is 4.74 Å². The van der Waals surface area contributed by atoms with Gasteiger partial charge in [0, 0.05) is 5.56 Å². The summed E-state index contributed by atoms with van der Waals surface area (Å²) >= 11 is 1.48. The van der Waals surface area contributed by atoms with Crippen molar-refractivity contribution >= 4 is 11.8 Å². The highest BCUT2D eigenvalue weighted by atomic mass is 32.2. The van der Waals surface area contributed by atoms with Crippen LogP contribution in [0.4, 0.5) is 0 Å². The van der Waals surface area contributed by atoms with Crippen LogP contribution in [0.5, 0.6) is 5.75 Å². The summed E-state index contributed by atoms with van der Waals surface area (Å²) in [6, 6.07) is 20.4. The molecule has 0 aromatic heterocycles. The van der Waals surface area contributed by atoms with E-state index in [9.17, 15) is 5.26 Å². The van der Waals surface area contributed by atoms with Gasteiger partial charge < -0.3 is 4.74 Å². The van der Waals surface area contributed by atoms with Crippen molar-refractivity contribution in [3.8, 4) is 11.8 Å². The number of rotatable bonds is 2. The maximum absolute atomic E-state index is 9.55. The highest BCUT2D eigenvalue weighted by Gasteiger charge is 2.30. The van der Waals surface area contributed by atoms with Gasteiger partial charge >= 0.3 is 0 Å². The number of ether oxygens (including phenoxy) is 1. The van der Waals surface area contributed by atoms with Crippen molar-refractivity contribution in [2.75, 3.05) is 6.26 Å². The second-order valence-corrected chi connectivity index (χ2v) is 5.28. The van der Waals surface area contributed by atoms with E-state index in [-0.39, 0.29) is 5.92 Å². The molecule has 0 aliphatic carbocycles. The highest BCUT2D eigenvalue weighted by molar-refractivity contribution is 8.02. The van der Waals surface area contributed by atoms with Gasteiger partial charge in [0.05, 0.1) is 11.5 Å². The van der Waals surface area contributed by atoms with E-state index in [2.05, 4.69) is 18.2 Å². The zero-order valence-corrected chi connectivity index (χ0v) is 11.9. The molecule has 0 N–H and O–H groups in total. The molecule has 2 aromatic carbocycles. The first-order chi connectivity index (χ1) is 9.85. The van der Waals surface area contributed by atoms with Gasteiger partial charge in [-0.2, -0.15) is 5.26 Å². The van der Waals surface area contributed by atoms with Crippen molar-refractivity contribution in [2.45, 2.75) is 5.92 Å². The average Bonchev–Trinajstić information content (AvgIpc) is 2.53. The summed E-state index contributed by atoms with van der Waals surface area (Å²) in [5.74, 6) is 0.790. The van der Waals surface area contributed by atoms with E-state index in [4.69, 9.17) is 4.74 Å². The molecule has 0 amide bonds. The van der Waals surface area contributed by atoms with Gasteiger partial charge in [0.2, 0.25) is 0 Å². The molecule has 98 valence electrons. The summed E-state index contributed by atoms with van der Waals surface area (Å²) < 4.78 is 5.86. The van der Waals surface area contributed by atoms with Gasteiger partial charge in [-0.05, 0) is 17.9 Å². The molecular weight excluding hydrogens is 266 g/mol. The van der Waals surface area contributed by atoms with Crippen molar-refractivity contribution in [3.05, 3.63) is 76.4 Å². The maximum atomic E-state index is 9.55. The summed E-state index contributed by atoms with van der Waals surface area (Å²) in [7, 11) is 0. The zero-order valence-electron chi connectivity index (χ0n) is 11.0. The van der Waals surface area contributed by atoms with Crippen LogP contribution in [0, 0.1) is 11.3 Å². The van der Waals surface area contributed by atoms with Crippen molar-refractivity contribution in [1.29, 1.82) is 5.26 Å². The molecule has 0 radical (unpaired) electrons. The molecule has 1 aliphatic rings. The Kier molecular flexibility index (Phi) is 3.49. The molecule has 3 rings (SSSR count). The third kappa shape index (κ3) is 2.09. The monoisotopic (exact) mass is 279 g/mol. The predicted octanol–water partition coefficient (Wildman–Crippen LogP) is 4.31. The lowest BCUT2D eigenvalue weighted by Gasteiger charge is -2.27. The Balaban J connectivity index is 2.23. The van der Waals surface area contributed by atoms with Crippen molar-refractivity contribution in [3.63, 3.8) is 0 Å². The van der Waals surface area contributed by atoms with E-state index >= 15 is 0 Å². The third-order valence-corrected chi connectivity index (χ3v) is 4.05. The minimum Gasteiger partial charge on any atom is -0.449 e. The van der Waals surface area contributed by atoms with Crippen LogP contribution < -0.4 is 4.74 Å². The fourth-order valence-electron chi connectivity index (χ4n) is 2.49. The van der Waals surface area contributed by atoms with E-state index < -0.39 is 0 Å². The fraction of sp³-hybridized carbons (Fsp3) is 0.118. The van der Waals surface area contributed by atoms with Gasteiger partial charge in [-0.25, -0.2) is 0 Å². The Morgan fingerprint density at radius 2 is 1.75 bits per heavy atom. The lowest BCUT2D eigenvalue weighted by molar-refractivity contribution is 0.439. The number of nitrogens with zero attached hydrogens (tertiary/aromatic N) is 1. The Bertz CT molecular complexity index is 700. The Morgan fingerprint density at radius 3 is 2.45 bits per heavy atom. The fourth-order valence-corrected chi connectivity index (χ4v) is 3.05. The lowest BCUT2D eigenvalue weighted by atomic mass is 9.84. The number of fused-ring (bicyclic) bond motifs is 1. The second-order valence-electron chi connectivity index (χ2n) is 4.50. The molecule has 0 saturated heterocycles. The molecule has 1 heterocycles. The van der Waals surface area contributed by atoms with Gasteiger partial charge in [-0.1, -0.05) is 60.3 Å². The Morgan fingerprint density at radius 1 is 1.05 bits per heavy atom. The molecule has 1 unspecified atom stereocenters. The first-order valence-corrected chi connectivity index (χ1v) is 7.57. The summed E-state index contributed by atoms with van der Waals surface area (Å²) in [5, 5.41) is 10.2. The number of thioether (sulfide) groups is 1. The predicted molar refractivity (Wildman–Crippen MR) is 81.5 cm³/mol. The van der Waals surface area contributed by atoms with Crippen LogP contribution in [-0.2, 0) is 0 Å². The van der Waals surface area contributed by atoms with Crippen molar-refractivity contribution in [1.82, 2.24) is 0 Å². The van der Waals surface area contributed by atoms with Gasteiger partial charge in [0.25, 0.3) is 0 Å². The van der Waals surface area contributed by atoms with Crippen LogP contribution in [0.3, 0.4) is 0 Å². The van der Waals surface area contributed by atoms with Crippen molar-refractivity contribution in [2.24, 2.45) is 0 Å². The van der Waals surface area contributed by atoms with E-state index in [1.54, 1.807) is 0 Å². The van der Waals surface area contributed by atoms with Crippen LogP contribution in [0.15, 0.2) is 65.3 Å². The third-order valence-electron chi connectivity index (χ3n) is 3.38. The van der Waals surface area contributed by atoms with Crippen LogP contribution >= 0.6 is 11.8 Å². The van der Waals surface area contributed by atoms with E-state index in [1.165, 1.54) is 11.8 Å². The SMILES string of the molecule is CSC1=C(C#N)C(c2ccccc2)c2ccccc2O1. The number of hydrogen-bond acceptors (Lipinski definition) is 3. The first-order valence-electron chi connectivity index (χ1n) is 6.35. The molecule has 2 aromatic rings. The van der Waals surface area contributed by atoms with E-state index in [1.807, 2.05) is 48.7 Å². The molecule has 1 aliphatic heterocycles. The summed E-state index contributed by atoms with van der Waals surface area (Å²) in [6.07, 6.45) is 1.93. The molecular formula is C17H13NOS. The normalized spacial score (nSPS) is 17.1. The number of benzene rings is 2. The van der Waals surface area contributed by atoms with E-state index in [0.29, 0.717) is 10.7 Å². The molecule has 20 heavy (non-hydrogen) atoms. The smallest absolute Gasteiger partial charge is 0.175 e. The summed E-state index contributed by atoms with van der Waals surface area (Å²) in [5.41, 5.74) is 2.85. The molecule has 0 fully saturated rings. The van der Waals surface area contributed by atoms with Crippen LogP contribution in [0.2, 0.25) is 0 Å². The largest absolute Gasteiger partial charge is 0.449 e. The minimum atomic E-state index is -0.0476. The molecule has 0 spiro atoms. The van der Waals surface area contributed by atoms with Gasteiger partial charge in [-0.15, -0.1) is 0 Å². The van der Waals surface area contributed by atoms with E-state index in [0.717, 1.165) is 16.9 Å². The van der Waals surface area contributed by atoms with Gasteiger partial charge in [-0.3, -0.25) is 0 Å². The van der Waals surface area contributed by atoms with Crippen LogP contribution in [0.1, 0.15) is 17.0 Å². The Hall–Kier alpha value is -2.18. The number of allylic oxidation sites excluding steroid dienone is 1. The Labute approximate surface area is 122 Å². The molecule has 0 saturated carbocycles. The minimum absolute atomic E-state index is 0.0476. The number of nitriles is 1. The summed E-state index contributed by atoms with van der Waals surface area (Å²) in [4.78, 5) is 0. The second kappa shape index (κ2) is 5.44.